The summed E-state index contributed by atoms with van der Waals surface area (Å²) in [5, 5.41) is 3.38. The van der Waals surface area contributed by atoms with Gasteiger partial charge in [0.1, 0.15) is 5.71 Å². The minimum atomic E-state index is -4.75. The summed E-state index contributed by atoms with van der Waals surface area (Å²) in [6.07, 6.45) is 3.87. The zero-order valence-corrected chi connectivity index (χ0v) is 17.2. The standard InChI is InChI=1S/C20H23NO5S2/c1-2-3-4-8-11-19(21-26-28(23,24)25)20(22)16-12-14-18(15-13-16)27-17-9-6-5-7-10-17/h5-7,9-10,12-15H,2-4,8,11H2,1H3,(H,23,24,25). The van der Waals surface area contributed by atoms with E-state index in [2.05, 4.69) is 16.4 Å². The van der Waals surface area contributed by atoms with Crippen molar-refractivity contribution < 1.29 is 22.0 Å². The zero-order chi connectivity index (χ0) is 20.4. The third-order valence-electron chi connectivity index (χ3n) is 3.87. The maximum atomic E-state index is 12.7. The molecule has 0 aromatic heterocycles. The highest BCUT2D eigenvalue weighted by molar-refractivity contribution is 7.99. The van der Waals surface area contributed by atoms with Crippen molar-refractivity contribution >= 4 is 33.7 Å². The molecule has 2 aromatic rings. The van der Waals surface area contributed by atoms with Crippen LogP contribution in [0.1, 0.15) is 49.4 Å². The molecule has 0 bridgehead atoms. The Kier molecular flexibility index (Phi) is 8.69. The first-order chi connectivity index (χ1) is 13.4. The van der Waals surface area contributed by atoms with Crippen LogP contribution in [0.5, 0.6) is 0 Å². The van der Waals surface area contributed by atoms with Crippen molar-refractivity contribution in [2.24, 2.45) is 5.16 Å². The Morgan fingerprint density at radius 3 is 2.25 bits per heavy atom. The predicted molar refractivity (Wildman–Crippen MR) is 110 cm³/mol. The van der Waals surface area contributed by atoms with E-state index in [0.717, 1.165) is 29.1 Å². The van der Waals surface area contributed by atoms with E-state index in [9.17, 15) is 13.2 Å². The molecule has 150 valence electrons. The van der Waals surface area contributed by atoms with Gasteiger partial charge in [-0.2, -0.15) is 8.42 Å². The molecule has 28 heavy (non-hydrogen) atoms. The molecule has 1 N–H and O–H groups in total. The molecule has 8 heteroatoms. The molecule has 0 spiro atoms. The van der Waals surface area contributed by atoms with E-state index in [1.807, 2.05) is 42.5 Å². The second-order valence-electron chi connectivity index (χ2n) is 6.12. The van der Waals surface area contributed by atoms with Crippen LogP contribution >= 0.6 is 11.8 Å². The van der Waals surface area contributed by atoms with Crippen molar-refractivity contribution in [2.45, 2.75) is 48.8 Å². The zero-order valence-electron chi connectivity index (χ0n) is 15.6. The van der Waals surface area contributed by atoms with Gasteiger partial charge in [-0.3, -0.25) is 9.35 Å². The van der Waals surface area contributed by atoms with Crippen molar-refractivity contribution in [1.29, 1.82) is 0 Å². The first kappa shape index (κ1) is 22.1. The van der Waals surface area contributed by atoms with Gasteiger partial charge in [0, 0.05) is 15.4 Å². The van der Waals surface area contributed by atoms with Crippen molar-refractivity contribution in [1.82, 2.24) is 0 Å². The molecule has 6 nitrogen and oxygen atoms in total. The van der Waals surface area contributed by atoms with E-state index in [1.54, 1.807) is 23.9 Å². The van der Waals surface area contributed by atoms with Crippen LogP contribution in [0.3, 0.4) is 0 Å². The summed E-state index contributed by atoms with van der Waals surface area (Å²) >= 11 is 1.57. The molecule has 0 saturated carbocycles. The normalized spacial score (nSPS) is 12.0. The van der Waals surface area contributed by atoms with Crippen LogP contribution < -0.4 is 0 Å². The van der Waals surface area contributed by atoms with Crippen LogP contribution in [-0.4, -0.2) is 24.5 Å². The van der Waals surface area contributed by atoms with Gasteiger partial charge < -0.3 is 0 Å². The number of unbranched alkanes of at least 4 members (excludes halogenated alkanes) is 3. The largest absolute Gasteiger partial charge is 0.466 e. The molecule has 0 amide bonds. The summed E-state index contributed by atoms with van der Waals surface area (Å²) in [5.41, 5.74) is 0.350. The van der Waals surface area contributed by atoms with Crippen molar-refractivity contribution in [3.8, 4) is 0 Å². The molecule has 0 atom stereocenters. The molecule has 0 aliphatic heterocycles. The van der Waals surface area contributed by atoms with Crippen LogP contribution in [0, 0.1) is 0 Å². The number of benzene rings is 2. The van der Waals surface area contributed by atoms with Crippen LogP contribution in [0.2, 0.25) is 0 Å². The van der Waals surface area contributed by atoms with Gasteiger partial charge in [0.05, 0.1) is 0 Å². The fourth-order valence-corrected chi connectivity index (χ4v) is 3.50. The number of nitrogens with zero attached hydrogens (tertiary/aromatic N) is 1. The number of oxime groups is 1. The van der Waals surface area contributed by atoms with Gasteiger partial charge in [-0.05, 0) is 49.2 Å². The van der Waals surface area contributed by atoms with Crippen LogP contribution in [0.15, 0.2) is 69.5 Å². The van der Waals surface area contributed by atoms with Gasteiger partial charge in [0.25, 0.3) is 0 Å². The van der Waals surface area contributed by atoms with Gasteiger partial charge in [-0.25, -0.2) is 4.28 Å². The van der Waals surface area contributed by atoms with Crippen molar-refractivity contribution in [2.75, 3.05) is 0 Å². The lowest BCUT2D eigenvalue weighted by molar-refractivity contribution is 0.106. The SMILES string of the molecule is CCCCCCC(=NOS(=O)(=O)O)C(=O)c1ccc(Sc2ccccc2)cc1. The van der Waals surface area contributed by atoms with Gasteiger partial charge in [-0.15, -0.1) is 0 Å². The molecule has 2 aromatic carbocycles. The number of rotatable bonds is 11. The molecular formula is C20H23NO5S2. The highest BCUT2D eigenvalue weighted by atomic mass is 32.3. The monoisotopic (exact) mass is 421 g/mol. The Morgan fingerprint density at radius 2 is 1.64 bits per heavy atom. The van der Waals surface area contributed by atoms with Gasteiger partial charge in [0.15, 0.2) is 0 Å². The lowest BCUT2D eigenvalue weighted by Gasteiger charge is -2.07. The Labute approximate surface area is 169 Å². The minimum Gasteiger partial charge on any atom is -0.287 e. The van der Waals surface area contributed by atoms with Crippen LogP contribution in [0.4, 0.5) is 0 Å². The van der Waals surface area contributed by atoms with E-state index in [1.165, 1.54) is 0 Å². The summed E-state index contributed by atoms with van der Waals surface area (Å²) in [4.78, 5) is 14.8. The van der Waals surface area contributed by atoms with Crippen molar-refractivity contribution in [3.05, 3.63) is 60.2 Å². The highest BCUT2D eigenvalue weighted by Crippen LogP contribution is 2.27. The minimum absolute atomic E-state index is 0.0304. The smallest absolute Gasteiger partial charge is 0.287 e. The van der Waals surface area contributed by atoms with Gasteiger partial charge >= 0.3 is 10.4 Å². The molecule has 0 aliphatic carbocycles. The number of hydrogen-bond donors (Lipinski definition) is 1. The Balaban J connectivity index is 2.11. The maximum absolute atomic E-state index is 12.7. The number of ketones is 1. The van der Waals surface area contributed by atoms with Crippen LogP contribution in [-0.2, 0) is 14.7 Å². The maximum Gasteiger partial charge on any atom is 0.466 e. The molecule has 0 fully saturated rings. The second-order valence-corrected chi connectivity index (χ2v) is 8.27. The first-order valence-electron chi connectivity index (χ1n) is 8.99. The summed E-state index contributed by atoms with van der Waals surface area (Å²) in [6.45, 7) is 2.07. The highest BCUT2D eigenvalue weighted by Gasteiger charge is 2.17. The Morgan fingerprint density at radius 1 is 1.00 bits per heavy atom. The fourth-order valence-electron chi connectivity index (χ4n) is 2.48. The van der Waals surface area contributed by atoms with Crippen molar-refractivity contribution in [3.63, 3.8) is 0 Å². The summed E-state index contributed by atoms with van der Waals surface area (Å²) in [7, 11) is -4.75. The predicted octanol–water partition coefficient (Wildman–Crippen LogP) is 5.17. The lowest BCUT2D eigenvalue weighted by atomic mass is 10.0. The molecule has 0 aliphatic rings. The third kappa shape index (κ3) is 7.84. The van der Waals surface area contributed by atoms with E-state index in [0.29, 0.717) is 12.0 Å². The van der Waals surface area contributed by atoms with E-state index >= 15 is 0 Å². The van der Waals surface area contributed by atoms with Crippen LogP contribution in [0.25, 0.3) is 0 Å². The lowest BCUT2D eigenvalue weighted by Crippen LogP contribution is -2.16. The quantitative estimate of drug-likeness (QED) is 0.177. The average Bonchev–Trinajstić information content (AvgIpc) is 2.67. The molecule has 2 rings (SSSR count). The summed E-state index contributed by atoms with van der Waals surface area (Å²) in [6, 6.07) is 16.8. The second kappa shape index (κ2) is 11.0. The van der Waals surface area contributed by atoms with E-state index in [-0.39, 0.29) is 12.1 Å². The average molecular weight is 422 g/mol. The van der Waals surface area contributed by atoms with E-state index < -0.39 is 16.2 Å². The third-order valence-corrected chi connectivity index (χ3v) is 5.14. The fraction of sp³-hybridized carbons (Fsp3) is 0.300. The molecular weight excluding hydrogens is 398 g/mol. The van der Waals surface area contributed by atoms with E-state index in [4.69, 9.17) is 4.55 Å². The number of carbonyl (C=O) groups excluding carboxylic acids is 1. The molecule has 0 saturated heterocycles. The Bertz CT molecular complexity index is 894. The molecule has 0 heterocycles. The summed E-state index contributed by atoms with van der Waals surface area (Å²) in [5.74, 6) is -0.420. The molecule has 0 radical (unpaired) electrons. The summed E-state index contributed by atoms with van der Waals surface area (Å²) < 4.78 is 34.4. The number of hydrogen-bond acceptors (Lipinski definition) is 6. The Hall–Kier alpha value is -2.16. The number of Topliss-reactive ketones (excluding diaryl/α,β-unsaturated/α-hetero) is 1. The topological polar surface area (TPSA) is 93.0 Å². The van der Waals surface area contributed by atoms with Gasteiger partial charge in [0.2, 0.25) is 5.78 Å². The first-order valence-corrected chi connectivity index (χ1v) is 11.2. The number of carbonyl (C=O) groups is 1. The molecule has 0 unspecified atom stereocenters. The van der Waals surface area contributed by atoms with Gasteiger partial charge in [-0.1, -0.05) is 61.3 Å².